The van der Waals surface area contributed by atoms with E-state index >= 15 is 0 Å². The maximum Gasteiger partial charge on any atom is 0.434 e. The normalized spacial score (nSPS) is 11.4. The minimum Gasteiger partial charge on any atom is -0.481 e. The third-order valence-electron chi connectivity index (χ3n) is 3.22. The molecule has 0 aliphatic heterocycles. The van der Waals surface area contributed by atoms with E-state index in [1.165, 1.54) is 12.1 Å². The van der Waals surface area contributed by atoms with Crippen LogP contribution in [0.3, 0.4) is 0 Å². The molecule has 25 heavy (non-hydrogen) atoms. The van der Waals surface area contributed by atoms with Crippen LogP contribution >= 0.6 is 0 Å². The Kier molecular flexibility index (Phi) is 5.40. The Balaban J connectivity index is 2.32. The summed E-state index contributed by atoms with van der Waals surface area (Å²) < 4.78 is 54.2. The van der Waals surface area contributed by atoms with Gasteiger partial charge in [0, 0.05) is 13.0 Å². The molecule has 1 amide bonds. The van der Waals surface area contributed by atoms with Crippen LogP contribution in [0.25, 0.3) is 5.69 Å². The van der Waals surface area contributed by atoms with Gasteiger partial charge >= 0.3 is 12.1 Å². The summed E-state index contributed by atoms with van der Waals surface area (Å²) in [6, 6.07) is 4.73. The Hall–Kier alpha value is -2.91. The number of nitrogens with zero attached hydrogens (tertiary/aromatic N) is 2. The number of para-hydroxylation sites is 1. The van der Waals surface area contributed by atoms with Gasteiger partial charge in [0.2, 0.25) is 0 Å². The summed E-state index contributed by atoms with van der Waals surface area (Å²) in [6.45, 7) is -0.118. The predicted octanol–water partition coefficient (Wildman–Crippen LogP) is 2.62. The Morgan fingerprint density at radius 1 is 1.24 bits per heavy atom. The van der Waals surface area contributed by atoms with Crippen molar-refractivity contribution < 1.29 is 32.3 Å². The zero-order valence-corrected chi connectivity index (χ0v) is 12.7. The second-order valence-corrected chi connectivity index (χ2v) is 5.02. The average Bonchev–Trinajstić information content (AvgIpc) is 2.96. The van der Waals surface area contributed by atoms with Crippen molar-refractivity contribution in [2.45, 2.75) is 19.0 Å². The van der Waals surface area contributed by atoms with Crippen molar-refractivity contribution in [3.63, 3.8) is 0 Å². The number of rotatable bonds is 6. The monoisotopic (exact) mass is 359 g/mol. The fourth-order valence-corrected chi connectivity index (χ4v) is 2.13. The number of carbonyl (C=O) groups is 2. The van der Waals surface area contributed by atoms with Gasteiger partial charge < -0.3 is 10.4 Å². The van der Waals surface area contributed by atoms with Crippen LogP contribution in [0.2, 0.25) is 0 Å². The van der Waals surface area contributed by atoms with E-state index in [-0.39, 0.29) is 19.4 Å². The van der Waals surface area contributed by atoms with E-state index in [4.69, 9.17) is 5.11 Å². The number of hydrogen-bond donors (Lipinski definition) is 2. The molecule has 2 N–H and O–H groups in total. The molecular weight excluding hydrogens is 346 g/mol. The number of nitrogens with one attached hydrogen (secondary N) is 1. The number of halogens is 4. The first-order valence-electron chi connectivity index (χ1n) is 7.12. The number of aromatic nitrogens is 2. The molecule has 0 fully saturated rings. The van der Waals surface area contributed by atoms with Gasteiger partial charge in [-0.25, -0.2) is 9.07 Å². The highest BCUT2D eigenvalue weighted by Gasteiger charge is 2.40. The Bertz CT molecular complexity index is 787. The van der Waals surface area contributed by atoms with E-state index in [2.05, 4.69) is 10.4 Å². The number of hydrogen-bond acceptors (Lipinski definition) is 3. The van der Waals surface area contributed by atoms with Crippen LogP contribution in [0.15, 0.2) is 30.5 Å². The number of aliphatic carboxylic acids is 1. The van der Waals surface area contributed by atoms with Crippen molar-refractivity contribution >= 4 is 11.9 Å². The Morgan fingerprint density at radius 3 is 2.52 bits per heavy atom. The number of amides is 1. The molecule has 0 spiro atoms. The van der Waals surface area contributed by atoms with Gasteiger partial charge in [-0.3, -0.25) is 9.59 Å². The second kappa shape index (κ2) is 7.32. The molecule has 10 heteroatoms. The molecule has 0 atom stereocenters. The molecule has 0 bridgehead atoms. The Morgan fingerprint density at radius 2 is 1.92 bits per heavy atom. The van der Waals surface area contributed by atoms with Crippen molar-refractivity contribution in [1.29, 1.82) is 0 Å². The van der Waals surface area contributed by atoms with Crippen LogP contribution in [0.5, 0.6) is 0 Å². The highest BCUT2D eigenvalue weighted by atomic mass is 19.4. The van der Waals surface area contributed by atoms with Gasteiger partial charge in [-0.2, -0.15) is 18.3 Å². The first-order chi connectivity index (χ1) is 11.7. The van der Waals surface area contributed by atoms with Crippen LogP contribution in [-0.4, -0.2) is 33.3 Å². The third-order valence-corrected chi connectivity index (χ3v) is 3.22. The average molecular weight is 359 g/mol. The predicted molar refractivity (Wildman–Crippen MR) is 77.7 cm³/mol. The summed E-state index contributed by atoms with van der Waals surface area (Å²) in [7, 11) is 0. The number of alkyl halides is 3. The van der Waals surface area contributed by atoms with Gasteiger partial charge in [-0.05, 0) is 18.6 Å². The maximum atomic E-state index is 13.8. The van der Waals surface area contributed by atoms with Crippen molar-refractivity contribution in [2.24, 2.45) is 0 Å². The van der Waals surface area contributed by atoms with Crippen molar-refractivity contribution in [2.75, 3.05) is 6.54 Å². The van der Waals surface area contributed by atoms with Crippen molar-refractivity contribution in [1.82, 2.24) is 15.1 Å². The molecule has 6 nitrogen and oxygen atoms in total. The zero-order valence-electron chi connectivity index (χ0n) is 12.7. The minimum atomic E-state index is -4.95. The molecule has 0 radical (unpaired) electrons. The molecule has 2 rings (SSSR count). The number of carbonyl (C=O) groups excluding carboxylic acids is 1. The van der Waals surface area contributed by atoms with E-state index < -0.39 is 40.8 Å². The summed E-state index contributed by atoms with van der Waals surface area (Å²) in [5.41, 5.74) is -2.63. The van der Waals surface area contributed by atoms with Crippen molar-refractivity contribution in [3.8, 4) is 5.69 Å². The zero-order chi connectivity index (χ0) is 18.6. The van der Waals surface area contributed by atoms with Gasteiger partial charge in [0.15, 0.2) is 5.69 Å². The van der Waals surface area contributed by atoms with Crippen LogP contribution in [-0.2, 0) is 11.0 Å². The van der Waals surface area contributed by atoms with Gasteiger partial charge in [0.25, 0.3) is 5.91 Å². The molecule has 0 saturated carbocycles. The molecule has 0 aliphatic rings. The van der Waals surface area contributed by atoms with E-state index in [0.717, 1.165) is 12.1 Å². The van der Waals surface area contributed by atoms with Gasteiger partial charge in [-0.1, -0.05) is 12.1 Å². The highest BCUT2D eigenvalue weighted by molar-refractivity contribution is 5.95. The SMILES string of the molecule is O=C(O)CCCNC(=O)c1cnn(-c2ccccc2F)c1C(F)(F)F. The molecule has 134 valence electrons. The molecule has 1 heterocycles. The topological polar surface area (TPSA) is 84.2 Å². The largest absolute Gasteiger partial charge is 0.481 e. The fourth-order valence-electron chi connectivity index (χ4n) is 2.13. The van der Waals surface area contributed by atoms with E-state index in [1.54, 1.807) is 0 Å². The van der Waals surface area contributed by atoms with Crippen LogP contribution in [0.1, 0.15) is 28.9 Å². The van der Waals surface area contributed by atoms with E-state index in [1.807, 2.05) is 0 Å². The minimum absolute atomic E-state index is 0.0594. The molecule has 0 saturated heterocycles. The summed E-state index contributed by atoms with van der Waals surface area (Å²) in [5, 5.41) is 14.2. The lowest BCUT2D eigenvalue weighted by atomic mass is 10.2. The molecule has 1 aromatic carbocycles. The number of carboxylic acids is 1. The molecule has 2 aromatic rings. The van der Waals surface area contributed by atoms with E-state index in [9.17, 15) is 27.2 Å². The fraction of sp³-hybridized carbons (Fsp3) is 0.267. The highest BCUT2D eigenvalue weighted by Crippen LogP contribution is 2.34. The first kappa shape index (κ1) is 18.4. The third kappa shape index (κ3) is 4.34. The number of carboxylic acid groups (broad SMARTS) is 1. The van der Waals surface area contributed by atoms with Crippen LogP contribution in [0.4, 0.5) is 17.6 Å². The summed E-state index contributed by atoms with van der Waals surface area (Å²) in [4.78, 5) is 22.4. The molecular formula is C15H13F4N3O3. The quantitative estimate of drug-likeness (QED) is 0.613. The standard InChI is InChI=1S/C15H13F4N3O3/c16-10-4-1-2-5-11(10)22-13(15(17,18)19)9(8-21-22)14(25)20-7-3-6-12(23)24/h1-2,4-5,8H,3,6-7H2,(H,20,25)(H,23,24). The van der Waals surface area contributed by atoms with Gasteiger partial charge in [-0.15, -0.1) is 0 Å². The lowest BCUT2D eigenvalue weighted by molar-refractivity contribution is -0.143. The van der Waals surface area contributed by atoms with Crippen molar-refractivity contribution in [3.05, 3.63) is 47.5 Å². The summed E-state index contributed by atoms with van der Waals surface area (Å²) in [5.74, 6) is -3.08. The molecule has 0 unspecified atom stereocenters. The van der Waals surface area contributed by atoms with Gasteiger partial charge in [0.05, 0.1) is 11.8 Å². The summed E-state index contributed by atoms with van der Waals surface area (Å²) in [6.07, 6.45) is -4.43. The van der Waals surface area contributed by atoms with Gasteiger partial charge in [0.1, 0.15) is 11.5 Å². The molecule has 0 aliphatic carbocycles. The van der Waals surface area contributed by atoms with E-state index in [0.29, 0.717) is 10.9 Å². The number of benzene rings is 1. The maximum absolute atomic E-state index is 13.8. The Labute approximate surface area is 139 Å². The molecule has 1 aromatic heterocycles. The smallest absolute Gasteiger partial charge is 0.434 e. The first-order valence-corrected chi connectivity index (χ1v) is 7.12. The van der Waals surface area contributed by atoms with Crippen LogP contribution in [0, 0.1) is 5.82 Å². The lowest BCUT2D eigenvalue weighted by Gasteiger charge is -2.13. The lowest BCUT2D eigenvalue weighted by Crippen LogP contribution is -2.27. The van der Waals surface area contributed by atoms with Crippen LogP contribution < -0.4 is 5.32 Å². The summed E-state index contributed by atoms with van der Waals surface area (Å²) >= 11 is 0. The second-order valence-electron chi connectivity index (χ2n) is 5.02.